The largest absolute Gasteiger partial charge is 0.416 e. The Balaban J connectivity index is 2.47. The van der Waals surface area contributed by atoms with Crippen molar-refractivity contribution in [3.8, 4) is 0 Å². The number of nitrogens with zero attached hydrogens (tertiary/aromatic N) is 1. The maximum Gasteiger partial charge on any atom is 0.416 e. The van der Waals surface area contributed by atoms with Crippen molar-refractivity contribution >= 4 is 23.0 Å². The number of carbonyl (C=O) groups excluding carboxylic acids is 1. The normalized spacial score (nSPS) is 11.1. The molecule has 0 unspecified atom stereocenters. The van der Waals surface area contributed by atoms with E-state index in [1.807, 2.05) is 0 Å². The van der Waals surface area contributed by atoms with Gasteiger partial charge in [-0.1, -0.05) is 18.2 Å². The molecule has 2 rings (SSSR count). The fourth-order valence-corrected chi connectivity index (χ4v) is 1.84. The number of anilines is 2. The summed E-state index contributed by atoms with van der Waals surface area (Å²) in [5.74, 6) is -0.731. The predicted molar refractivity (Wildman–Crippen MR) is 76.9 cm³/mol. The number of amides is 1. The van der Waals surface area contributed by atoms with Gasteiger partial charge in [-0.25, -0.2) is 0 Å². The summed E-state index contributed by atoms with van der Waals surface area (Å²) in [7, 11) is 0. The van der Waals surface area contributed by atoms with Crippen molar-refractivity contribution in [2.45, 2.75) is 6.18 Å². The van der Waals surface area contributed by atoms with Crippen LogP contribution in [0, 0.1) is 10.1 Å². The molecule has 0 aliphatic carbocycles. The summed E-state index contributed by atoms with van der Waals surface area (Å²) < 4.78 is 38.5. The Labute approximate surface area is 127 Å². The van der Waals surface area contributed by atoms with E-state index in [0.717, 1.165) is 0 Å². The fraction of sp³-hybridized carbons (Fsp3) is 0.0714. The van der Waals surface area contributed by atoms with Gasteiger partial charge in [-0.2, -0.15) is 13.2 Å². The summed E-state index contributed by atoms with van der Waals surface area (Å²) >= 11 is 0. The number of benzene rings is 2. The van der Waals surface area contributed by atoms with E-state index in [0.29, 0.717) is 12.1 Å². The van der Waals surface area contributed by atoms with E-state index in [2.05, 4.69) is 5.32 Å². The van der Waals surface area contributed by atoms with Gasteiger partial charge in [0.25, 0.3) is 11.6 Å². The molecule has 0 radical (unpaired) electrons. The topological polar surface area (TPSA) is 98.3 Å². The van der Waals surface area contributed by atoms with Gasteiger partial charge in [0.2, 0.25) is 0 Å². The van der Waals surface area contributed by atoms with E-state index in [1.54, 1.807) is 18.2 Å². The first kappa shape index (κ1) is 16.3. The first-order valence-corrected chi connectivity index (χ1v) is 6.21. The van der Waals surface area contributed by atoms with Gasteiger partial charge in [0, 0.05) is 11.6 Å². The van der Waals surface area contributed by atoms with Crippen LogP contribution in [0.2, 0.25) is 0 Å². The number of alkyl halides is 3. The van der Waals surface area contributed by atoms with Crippen molar-refractivity contribution in [2.75, 3.05) is 11.1 Å². The Kier molecular flexibility index (Phi) is 4.21. The fourth-order valence-electron chi connectivity index (χ4n) is 1.84. The Hall–Kier alpha value is -3.10. The number of nitrogens with two attached hydrogens (primary N) is 1. The minimum atomic E-state index is -4.81. The van der Waals surface area contributed by atoms with Crippen LogP contribution >= 0.6 is 0 Å². The van der Waals surface area contributed by atoms with Gasteiger partial charge >= 0.3 is 6.18 Å². The first-order valence-electron chi connectivity index (χ1n) is 6.21. The lowest BCUT2D eigenvalue weighted by atomic mass is 10.1. The minimum absolute atomic E-state index is 0.173. The van der Waals surface area contributed by atoms with Gasteiger partial charge in [0.15, 0.2) is 0 Å². The lowest BCUT2D eigenvalue weighted by molar-refractivity contribution is -0.384. The predicted octanol–water partition coefficient (Wildman–Crippen LogP) is 3.45. The number of halogens is 3. The SMILES string of the molecule is Nc1c(NC(=O)c2ccccc2)cc(C(F)(F)F)cc1[N+](=O)[O-]. The van der Waals surface area contributed by atoms with Crippen LogP contribution < -0.4 is 11.1 Å². The van der Waals surface area contributed by atoms with Crippen molar-refractivity contribution in [2.24, 2.45) is 0 Å². The molecule has 0 aliphatic rings. The van der Waals surface area contributed by atoms with Gasteiger partial charge < -0.3 is 11.1 Å². The molecular weight excluding hydrogens is 315 g/mol. The van der Waals surface area contributed by atoms with Crippen LogP contribution in [0.3, 0.4) is 0 Å². The summed E-state index contributed by atoms with van der Waals surface area (Å²) in [6, 6.07) is 8.54. The Morgan fingerprint density at radius 3 is 2.30 bits per heavy atom. The van der Waals surface area contributed by atoms with Crippen LogP contribution in [0.4, 0.5) is 30.2 Å². The molecular formula is C14H10F3N3O3. The van der Waals surface area contributed by atoms with Crippen LogP contribution in [0.15, 0.2) is 42.5 Å². The third-order valence-electron chi connectivity index (χ3n) is 2.97. The minimum Gasteiger partial charge on any atom is -0.391 e. The number of carbonyl (C=O) groups is 1. The van der Waals surface area contributed by atoms with Gasteiger partial charge in [-0.3, -0.25) is 14.9 Å². The summed E-state index contributed by atoms with van der Waals surface area (Å²) in [5, 5.41) is 13.0. The van der Waals surface area contributed by atoms with Crippen molar-refractivity contribution in [3.05, 3.63) is 63.7 Å². The molecule has 0 bridgehead atoms. The third kappa shape index (κ3) is 3.57. The Morgan fingerprint density at radius 2 is 1.78 bits per heavy atom. The van der Waals surface area contributed by atoms with Crippen molar-refractivity contribution in [1.82, 2.24) is 0 Å². The van der Waals surface area contributed by atoms with Crippen molar-refractivity contribution in [1.29, 1.82) is 0 Å². The van der Waals surface area contributed by atoms with Crippen molar-refractivity contribution in [3.63, 3.8) is 0 Å². The molecule has 0 aliphatic heterocycles. The van der Waals surface area contributed by atoms with E-state index in [1.165, 1.54) is 12.1 Å². The monoisotopic (exact) mass is 325 g/mol. The summed E-state index contributed by atoms with van der Waals surface area (Å²) in [5.41, 5.74) is 2.45. The van der Waals surface area contributed by atoms with E-state index in [4.69, 9.17) is 5.73 Å². The highest BCUT2D eigenvalue weighted by Crippen LogP contribution is 2.38. The smallest absolute Gasteiger partial charge is 0.391 e. The average molecular weight is 325 g/mol. The second kappa shape index (κ2) is 5.95. The number of hydrogen-bond donors (Lipinski definition) is 2. The van der Waals surface area contributed by atoms with Crippen LogP contribution in [-0.4, -0.2) is 10.8 Å². The summed E-state index contributed by atoms with van der Waals surface area (Å²) in [6.07, 6.45) is -4.81. The maximum absolute atomic E-state index is 12.8. The molecule has 23 heavy (non-hydrogen) atoms. The number of nitro benzene ring substituents is 1. The van der Waals surface area contributed by atoms with Crippen molar-refractivity contribution < 1.29 is 22.9 Å². The Bertz CT molecular complexity index is 761. The number of nitrogens with one attached hydrogen (secondary N) is 1. The molecule has 1 amide bonds. The van der Waals surface area contributed by atoms with E-state index >= 15 is 0 Å². The molecule has 9 heteroatoms. The molecule has 120 valence electrons. The highest BCUT2D eigenvalue weighted by atomic mass is 19.4. The zero-order chi connectivity index (χ0) is 17.2. The molecule has 0 spiro atoms. The van der Waals surface area contributed by atoms with Crippen LogP contribution in [0.25, 0.3) is 0 Å². The maximum atomic E-state index is 12.8. The lowest BCUT2D eigenvalue weighted by Crippen LogP contribution is -2.15. The van der Waals surface area contributed by atoms with Crippen LogP contribution in [-0.2, 0) is 6.18 Å². The average Bonchev–Trinajstić information content (AvgIpc) is 2.48. The number of nitrogen functional groups attached to an aromatic ring is 1. The highest BCUT2D eigenvalue weighted by molar-refractivity contribution is 6.06. The molecule has 0 saturated heterocycles. The Morgan fingerprint density at radius 1 is 1.17 bits per heavy atom. The molecule has 2 aromatic rings. The second-order valence-corrected chi connectivity index (χ2v) is 4.53. The van der Waals surface area contributed by atoms with Gasteiger partial charge in [-0.15, -0.1) is 0 Å². The highest BCUT2D eigenvalue weighted by Gasteiger charge is 2.34. The van der Waals surface area contributed by atoms with Crippen LogP contribution in [0.1, 0.15) is 15.9 Å². The van der Waals surface area contributed by atoms with E-state index in [-0.39, 0.29) is 5.56 Å². The molecule has 0 atom stereocenters. The van der Waals surface area contributed by atoms with Gasteiger partial charge in [0.05, 0.1) is 16.2 Å². The molecule has 0 heterocycles. The molecule has 2 aromatic carbocycles. The molecule has 3 N–H and O–H groups in total. The zero-order valence-electron chi connectivity index (χ0n) is 11.4. The van der Waals surface area contributed by atoms with Gasteiger partial charge in [-0.05, 0) is 18.2 Å². The number of nitro groups is 1. The molecule has 6 nitrogen and oxygen atoms in total. The van der Waals surface area contributed by atoms with E-state index < -0.39 is 39.6 Å². The van der Waals surface area contributed by atoms with Gasteiger partial charge in [0.1, 0.15) is 5.69 Å². The summed E-state index contributed by atoms with van der Waals surface area (Å²) in [6.45, 7) is 0. The standard InChI is InChI=1S/C14H10F3N3O3/c15-14(16,17)9-6-10(12(18)11(7-9)20(22)23)19-13(21)8-4-2-1-3-5-8/h1-7H,18H2,(H,19,21). The molecule has 0 fully saturated rings. The zero-order valence-corrected chi connectivity index (χ0v) is 11.4. The molecule has 0 saturated carbocycles. The third-order valence-corrected chi connectivity index (χ3v) is 2.97. The second-order valence-electron chi connectivity index (χ2n) is 4.53. The number of rotatable bonds is 3. The quantitative estimate of drug-likeness (QED) is 0.513. The van der Waals surface area contributed by atoms with E-state index in [9.17, 15) is 28.1 Å². The lowest BCUT2D eigenvalue weighted by Gasteiger charge is -2.13. The first-order chi connectivity index (χ1) is 10.7. The molecule has 0 aromatic heterocycles. The summed E-state index contributed by atoms with van der Waals surface area (Å²) in [4.78, 5) is 21.8. The van der Waals surface area contributed by atoms with Crippen LogP contribution in [0.5, 0.6) is 0 Å². The number of hydrogen-bond acceptors (Lipinski definition) is 4.